The summed E-state index contributed by atoms with van der Waals surface area (Å²) in [5.74, 6) is 0.0194. The number of piperidine rings is 1. The fraction of sp³-hybridized carbons (Fsp3) is 0.611. The number of sulfone groups is 1. The minimum Gasteiger partial charge on any atom is -0.343 e. The fourth-order valence-electron chi connectivity index (χ4n) is 3.16. The summed E-state index contributed by atoms with van der Waals surface area (Å²) < 4.78 is 38.0. The smallest absolute Gasteiger partial charge is 0.223 e. The highest BCUT2D eigenvalue weighted by Gasteiger charge is 2.29. The Balaban J connectivity index is 1.91. The van der Waals surface area contributed by atoms with E-state index in [-0.39, 0.29) is 17.2 Å². The maximum atomic E-state index is 13.0. The van der Waals surface area contributed by atoms with Crippen molar-refractivity contribution in [2.45, 2.75) is 42.8 Å². The van der Waals surface area contributed by atoms with Crippen LogP contribution in [0.4, 0.5) is 4.39 Å². The van der Waals surface area contributed by atoms with Gasteiger partial charge >= 0.3 is 0 Å². The lowest BCUT2D eigenvalue weighted by Gasteiger charge is -2.32. The number of carbonyl (C=O) groups is 1. The van der Waals surface area contributed by atoms with Gasteiger partial charge in [0.25, 0.3) is 0 Å². The van der Waals surface area contributed by atoms with E-state index < -0.39 is 20.9 Å². The topological polar surface area (TPSA) is 66.5 Å². The lowest BCUT2D eigenvalue weighted by molar-refractivity contribution is -0.132. The van der Waals surface area contributed by atoms with E-state index in [0.29, 0.717) is 19.0 Å². The van der Waals surface area contributed by atoms with Gasteiger partial charge in [-0.15, -0.1) is 0 Å². The number of likely N-dealkylation sites (tertiary alicyclic amines) is 1. The Hall–Kier alpha value is -1.47. The molecule has 0 spiro atoms. The van der Waals surface area contributed by atoms with Gasteiger partial charge in [-0.25, -0.2) is 12.8 Å². The van der Waals surface area contributed by atoms with Crippen LogP contribution in [0.5, 0.6) is 0 Å². The number of nitrogens with one attached hydrogen (secondary N) is 1. The molecule has 140 valence electrons. The summed E-state index contributed by atoms with van der Waals surface area (Å²) >= 11 is 0. The third-order valence-corrected chi connectivity index (χ3v) is 7.06. The zero-order valence-corrected chi connectivity index (χ0v) is 15.7. The first kappa shape index (κ1) is 19.8. The Morgan fingerprint density at radius 1 is 1.28 bits per heavy atom. The van der Waals surface area contributed by atoms with Crippen LogP contribution >= 0.6 is 0 Å². The van der Waals surface area contributed by atoms with E-state index >= 15 is 0 Å². The number of benzene rings is 1. The van der Waals surface area contributed by atoms with Gasteiger partial charge in [0, 0.05) is 19.5 Å². The number of carbonyl (C=O) groups excluding carboxylic acids is 1. The molecule has 0 saturated carbocycles. The summed E-state index contributed by atoms with van der Waals surface area (Å²) in [5.41, 5.74) is 0. The van der Waals surface area contributed by atoms with Crippen LogP contribution in [0.15, 0.2) is 29.2 Å². The van der Waals surface area contributed by atoms with Gasteiger partial charge in [-0.3, -0.25) is 4.79 Å². The Morgan fingerprint density at radius 3 is 2.44 bits per heavy atom. The van der Waals surface area contributed by atoms with Crippen LogP contribution in [0, 0.1) is 11.7 Å². The molecule has 5 nitrogen and oxygen atoms in total. The standard InChI is InChI=1S/C18H27FN2O3S/c1-14(25(23,24)17-5-3-16(19)4-6-17)13-18(22)21-11-8-15(9-12-21)7-10-20-2/h3-6,14-15,20H,7-13H2,1-2H3. The molecule has 1 aromatic rings. The molecule has 1 saturated heterocycles. The van der Waals surface area contributed by atoms with Gasteiger partial charge in [-0.1, -0.05) is 0 Å². The summed E-state index contributed by atoms with van der Waals surface area (Å²) in [6.45, 7) is 3.90. The molecule has 1 atom stereocenters. The first-order chi connectivity index (χ1) is 11.8. The van der Waals surface area contributed by atoms with Crippen LogP contribution in [0.3, 0.4) is 0 Å². The maximum absolute atomic E-state index is 13.0. The van der Waals surface area contributed by atoms with Gasteiger partial charge in [-0.2, -0.15) is 0 Å². The van der Waals surface area contributed by atoms with Crippen LogP contribution in [0.1, 0.15) is 32.6 Å². The van der Waals surface area contributed by atoms with E-state index in [2.05, 4.69) is 5.32 Å². The van der Waals surface area contributed by atoms with Crippen molar-refractivity contribution < 1.29 is 17.6 Å². The first-order valence-corrected chi connectivity index (χ1v) is 10.3. The molecular formula is C18H27FN2O3S. The highest BCUT2D eigenvalue weighted by atomic mass is 32.2. The molecule has 0 aliphatic carbocycles. The van der Waals surface area contributed by atoms with Crippen molar-refractivity contribution in [3.05, 3.63) is 30.1 Å². The van der Waals surface area contributed by atoms with Crippen molar-refractivity contribution in [1.29, 1.82) is 0 Å². The predicted octanol–water partition coefficient (Wildman–Crippen LogP) is 2.23. The molecule has 1 aliphatic heterocycles. The molecule has 1 amide bonds. The van der Waals surface area contributed by atoms with Crippen LogP contribution < -0.4 is 5.32 Å². The lowest BCUT2D eigenvalue weighted by Crippen LogP contribution is -2.40. The summed E-state index contributed by atoms with van der Waals surface area (Å²) in [4.78, 5) is 14.3. The van der Waals surface area contributed by atoms with Gasteiger partial charge < -0.3 is 10.2 Å². The number of rotatable bonds is 7. The Bertz CT molecular complexity index is 668. The zero-order valence-electron chi connectivity index (χ0n) is 14.9. The second kappa shape index (κ2) is 8.76. The van der Waals surface area contributed by atoms with E-state index in [1.165, 1.54) is 19.1 Å². The van der Waals surface area contributed by atoms with Crippen LogP contribution in [-0.2, 0) is 14.6 Å². The highest BCUT2D eigenvalue weighted by molar-refractivity contribution is 7.92. The second-order valence-corrected chi connectivity index (χ2v) is 9.10. The largest absolute Gasteiger partial charge is 0.343 e. The first-order valence-electron chi connectivity index (χ1n) is 8.76. The highest BCUT2D eigenvalue weighted by Crippen LogP contribution is 2.23. The van der Waals surface area contributed by atoms with Crippen LogP contribution in [0.25, 0.3) is 0 Å². The SMILES string of the molecule is CNCCC1CCN(C(=O)CC(C)S(=O)(=O)c2ccc(F)cc2)CC1. The Kier molecular flexibility index (Phi) is 6.95. The van der Waals surface area contributed by atoms with E-state index in [0.717, 1.165) is 37.9 Å². The molecule has 0 aromatic heterocycles. The zero-order chi connectivity index (χ0) is 18.4. The van der Waals surface area contributed by atoms with E-state index in [9.17, 15) is 17.6 Å². The van der Waals surface area contributed by atoms with Crippen molar-refractivity contribution in [3.8, 4) is 0 Å². The van der Waals surface area contributed by atoms with E-state index in [1.54, 1.807) is 4.90 Å². The van der Waals surface area contributed by atoms with Gasteiger partial charge in [0.05, 0.1) is 10.1 Å². The summed E-state index contributed by atoms with van der Waals surface area (Å²) in [5, 5.41) is 2.31. The molecule has 1 aromatic carbocycles. The van der Waals surface area contributed by atoms with Crippen molar-refractivity contribution in [2.24, 2.45) is 5.92 Å². The minimum atomic E-state index is -3.63. The van der Waals surface area contributed by atoms with Gasteiger partial charge in [0.15, 0.2) is 9.84 Å². The number of hydrogen-bond donors (Lipinski definition) is 1. The molecule has 1 unspecified atom stereocenters. The molecule has 0 radical (unpaired) electrons. The predicted molar refractivity (Wildman–Crippen MR) is 95.5 cm³/mol. The molecule has 1 heterocycles. The molecule has 2 rings (SSSR count). The average molecular weight is 370 g/mol. The Morgan fingerprint density at radius 2 is 1.88 bits per heavy atom. The normalized spacial score (nSPS) is 17.5. The molecule has 1 fully saturated rings. The fourth-order valence-corrected chi connectivity index (χ4v) is 4.50. The molecule has 1 N–H and O–H groups in total. The number of amides is 1. The quantitative estimate of drug-likeness (QED) is 0.748. The summed E-state index contributed by atoms with van der Waals surface area (Å²) in [7, 11) is -1.70. The van der Waals surface area contributed by atoms with Crippen molar-refractivity contribution in [1.82, 2.24) is 10.2 Å². The van der Waals surface area contributed by atoms with Crippen molar-refractivity contribution in [3.63, 3.8) is 0 Å². The summed E-state index contributed by atoms with van der Waals surface area (Å²) in [6.07, 6.45) is 2.99. The molecule has 25 heavy (non-hydrogen) atoms. The third-order valence-electron chi connectivity index (χ3n) is 4.90. The van der Waals surface area contributed by atoms with Gasteiger partial charge in [-0.05, 0) is 70.0 Å². The number of nitrogens with zero attached hydrogens (tertiary/aromatic N) is 1. The minimum absolute atomic E-state index is 0.0408. The maximum Gasteiger partial charge on any atom is 0.223 e. The van der Waals surface area contributed by atoms with Crippen LogP contribution in [0.2, 0.25) is 0 Å². The molecular weight excluding hydrogens is 343 g/mol. The van der Waals surface area contributed by atoms with E-state index in [1.807, 2.05) is 7.05 Å². The molecule has 7 heteroatoms. The van der Waals surface area contributed by atoms with Crippen LogP contribution in [-0.4, -0.2) is 51.2 Å². The number of halogens is 1. The third kappa shape index (κ3) is 5.25. The monoisotopic (exact) mass is 370 g/mol. The van der Waals surface area contributed by atoms with Crippen molar-refractivity contribution >= 4 is 15.7 Å². The van der Waals surface area contributed by atoms with Gasteiger partial charge in [0.2, 0.25) is 5.91 Å². The summed E-state index contributed by atoms with van der Waals surface area (Å²) in [6, 6.07) is 4.74. The molecule has 0 bridgehead atoms. The average Bonchev–Trinajstić information content (AvgIpc) is 2.60. The number of hydrogen-bond acceptors (Lipinski definition) is 4. The van der Waals surface area contributed by atoms with E-state index in [4.69, 9.17) is 0 Å². The molecule has 1 aliphatic rings. The Labute approximate surface area is 149 Å². The van der Waals surface area contributed by atoms with Crippen molar-refractivity contribution in [2.75, 3.05) is 26.7 Å². The van der Waals surface area contributed by atoms with Gasteiger partial charge in [0.1, 0.15) is 5.82 Å². The second-order valence-electron chi connectivity index (χ2n) is 6.73. The lowest BCUT2D eigenvalue weighted by atomic mass is 9.93.